The molecule has 2 aliphatic rings. The number of ether oxygens (including phenoxy) is 1. The van der Waals surface area contributed by atoms with Gasteiger partial charge in [-0.1, -0.05) is 0 Å². The van der Waals surface area contributed by atoms with Crippen molar-refractivity contribution in [1.29, 1.82) is 0 Å². The number of ketones is 1. The summed E-state index contributed by atoms with van der Waals surface area (Å²) in [4.78, 5) is 11.0. The molecule has 58 valence electrons. The van der Waals surface area contributed by atoms with E-state index in [0.717, 1.165) is 13.1 Å². The summed E-state index contributed by atoms with van der Waals surface area (Å²) in [5.41, 5.74) is -0.375. The molecule has 0 bridgehead atoms. The maximum absolute atomic E-state index is 11.0. The lowest BCUT2D eigenvalue weighted by atomic mass is 9.92. The SMILES string of the molecule is Cl.O=C1CCOC12CNC2. The molecule has 0 radical (unpaired) electrons. The fraction of sp³-hybridized carbons (Fsp3) is 0.833. The minimum absolute atomic E-state index is 0. The van der Waals surface area contributed by atoms with Gasteiger partial charge in [0.05, 0.1) is 6.61 Å². The third-order valence-electron chi connectivity index (χ3n) is 2.04. The van der Waals surface area contributed by atoms with Crippen LogP contribution in [-0.4, -0.2) is 31.1 Å². The van der Waals surface area contributed by atoms with Crippen molar-refractivity contribution in [1.82, 2.24) is 5.32 Å². The summed E-state index contributed by atoms with van der Waals surface area (Å²) in [6.07, 6.45) is 0.613. The summed E-state index contributed by atoms with van der Waals surface area (Å²) in [6, 6.07) is 0. The van der Waals surface area contributed by atoms with Crippen molar-refractivity contribution in [2.24, 2.45) is 0 Å². The van der Waals surface area contributed by atoms with Crippen LogP contribution in [0.5, 0.6) is 0 Å². The van der Waals surface area contributed by atoms with Gasteiger partial charge in [-0.25, -0.2) is 0 Å². The van der Waals surface area contributed by atoms with Crippen LogP contribution >= 0.6 is 12.4 Å². The Bertz CT molecular complexity index is 156. The molecule has 2 aliphatic heterocycles. The molecule has 0 amide bonds. The number of hydrogen-bond donors (Lipinski definition) is 1. The van der Waals surface area contributed by atoms with Crippen LogP contribution in [0.1, 0.15) is 6.42 Å². The Morgan fingerprint density at radius 3 is 2.40 bits per heavy atom. The molecule has 0 aromatic carbocycles. The van der Waals surface area contributed by atoms with Crippen LogP contribution in [0.25, 0.3) is 0 Å². The molecule has 0 saturated carbocycles. The number of nitrogens with one attached hydrogen (secondary N) is 1. The van der Waals surface area contributed by atoms with Gasteiger partial charge in [-0.05, 0) is 0 Å². The minimum atomic E-state index is -0.375. The molecule has 2 saturated heterocycles. The van der Waals surface area contributed by atoms with E-state index in [1.165, 1.54) is 0 Å². The fourth-order valence-electron chi connectivity index (χ4n) is 1.30. The van der Waals surface area contributed by atoms with E-state index in [2.05, 4.69) is 5.32 Å². The van der Waals surface area contributed by atoms with Crippen LogP contribution in [0.4, 0.5) is 0 Å². The minimum Gasteiger partial charge on any atom is -0.364 e. The van der Waals surface area contributed by atoms with Crippen LogP contribution in [-0.2, 0) is 9.53 Å². The molecule has 2 heterocycles. The van der Waals surface area contributed by atoms with Gasteiger partial charge in [0, 0.05) is 19.5 Å². The van der Waals surface area contributed by atoms with Crippen LogP contribution in [0.15, 0.2) is 0 Å². The molecule has 2 fully saturated rings. The smallest absolute Gasteiger partial charge is 0.169 e. The van der Waals surface area contributed by atoms with Gasteiger partial charge in [0.15, 0.2) is 11.4 Å². The average molecular weight is 164 g/mol. The zero-order valence-corrected chi connectivity index (χ0v) is 6.37. The van der Waals surface area contributed by atoms with Crippen LogP contribution in [0.2, 0.25) is 0 Å². The Balaban J connectivity index is 0.000000500. The first-order valence-corrected chi connectivity index (χ1v) is 3.21. The van der Waals surface area contributed by atoms with E-state index in [-0.39, 0.29) is 23.8 Å². The zero-order chi connectivity index (χ0) is 6.32. The van der Waals surface area contributed by atoms with Crippen LogP contribution in [0.3, 0.4) is 0 Å². The topological polar surface area (TPSA) is 38.3 Å². The number of rotatable bonds is 0. The molecular formula is C6H10ClNO2. The highest BCUT2D eigenvalue weighted by molar-refractivity contribution is 5.90. The van der Waals surface area contributed by atoms with E-state index >= 15 is 0 Å². The van der Waals surface area contributed by atoms with Gasteiger partial charge in [-0.15, -0.1) is 12.4 Å². The first-order valence-electron chi connectivity index (χ1n) is 3.21. The van der Waals surface area contributed by atoms with Gasteiger partial charge in [0.25, 0.3) is 0 Å². The highest BCUT2D eigenvalue weighted by atomic mass is 35.5. The van der Waals surface area contributed by atoms with E-state index in [0.29, 0.717) is 13.0 Å². The second kappa shape index (κ2) is 2.49. The third kappa shape index (κ3) is 0.856. The summed E-state index contributed by atoms with van der Waals surface area (Å²) in [5, 5.41) is 3.03. The number of carbonyl (C=O) groups excluding carboxylic acids is 1. The van der Waals surface area contributed by atoms with Crippen molar-refractivity contribution >= 4 is 18.2 Å². The first-order chi connectivity index (χ1) is 4.33. The van der Waals surface area contributed by atoms with Crippen molar-refractivity contribution in [2.75, 3.05) is 19.7 Å². The van der Waals surface area contributed by atoms with Gasteiger partial charge >= 0.3 is 0 Å². The highest BCUT2D eigenvalue weighted by Gasteiger charge is 2.48. The summed E-state index contributed by atoms with van der Waals surface area (Å²) in [6.45, 7) is 2.08. The van der Waals surface area contributed by atoms with Crippen molar-refractivity contribution < 1.29 is 9.53 Å². The van der Waals surface area contributed by atoms with Gasteiger partial charge in [0.1, 0.15) is 0 Å². The zero-order valence-electron chi connectivity index (χ0n) is 5.55. The molecule has 0 aliphatic carbocycles. The molecule has 4 heteroatoms. The summed E-state index contributed by atoms with van der Waals surface area (Å²) < 4.78 is 5.28. The van der Waals surface area contributed by atoms with Crippen molar-refractivity contribution in [3.63, 3.8) is 0 Å². The van der Waals surface area contributed by atoms with Crippen molar-refractivity contribution in [2.45, 2.75) is 12.0 Å². The summed E-state index contributed by atoms with van der Waals surface area (Å²) in [7, 11) is 0. The maximum Gasteiger partial charge on any atom is 0.169 e. The predicted molar refractivity (Wildman–Crippen MR) is 38.4 cm³/mol. The van der Waals surface area contributed by atoms with E-state index < -0.39 is 0 Å². The van der Waals surface area contributed by atoms with E-state index in [1.807, 2.05) is 0 Å². The Labute approximate surface area is 65.5 Å². The molecule has 0 unspecified atom stereocenters. The molecule has 0 aromatic rings. The second-order valence-corrected chi connectivity index (χ2v) is 2.62. The van der Waals surface area contributed by atoms with E-state index in [9.17, 15) is 4.79 Å². The van der Waals surface area contributed by atoms with Gasteiger partial charge in [-0.2, -0.15) is 0 Å². The van der Waals surface area contributed by atoms with E-state index in [1.54, 1.807) is 0 Å². The van der Waals surface area contributed by atoms with Gasteiger partial charge in [0.2, 0.25) is 0 Å². The van der Waals surface area contributed by atoms with E-state index in [4.69, 9.17) is 4.74 Å². The number of Topliss-reactive ketones (excluding diaryl/α,β-unsaturated/α-hetero) is 1. The predicted octanol–water partition coefficient (Wildman–Crippen LogP) is -0.260. The molecule has 0 aromatic heterocycles. The van der Waals surface area contributed by atoms with Crippen LogP contribution < -0.4 is 5.32 Å². The molecule has 0 atom stereocenters. The number of hydrogen-bond acceptors (Lipinski definition) is 3. The van der Waals surface area contributed by atoms with Gasteiger partial charge in [-0.3, -0.25) is 4.79 Å². The lowest BCUT2D eigenvalue weighted by Crippen LogP contribution is -2.63. The molecule has 3 nitrogen and oxygen atoms in total. The van der Waals surface area contributed by atoms with Crippen molar-refractivity contribution in [3.05, 3.63) is 0 Å². The summed E-state index contributed by atoms with van der Waals surface area (Å²) in [5.74, 6) is 0.279. The Morgan fingerprint density at radius 1 is 1.50 bits per heavy atom. The number of carbonyl (C=O) groups is 1. The first kappa shape index (κ1) is 7.98. The standard InChI is InChI=1S/C6H9NO2.ClH/c8-5-1-2-9-6(5)3-7-4-6;/h7H,1-4H2;1H. The average Bonchev–Trinajstić information content (AvgIpc) is 2.07. The molecule has 10 heavy (non-hydrogen) atoms. The van der Waals surface area contributed by atoms with Crippen molar-refractivity contribution in [3.8, 4) is 0 Å². The lowest BCUT2D eigenvalue weighted by Gasteiger charge is -2.36. The van der Waals surface area contributed by atoms with Gasteiger partial charge < -0.3 is 10.1 Å². The Hall–Kier alpha value is -0.120. The third-order valence-corrected chi connectivity index (χ3v) is 2.04. The molecule has 2 rings (SSSR count). The summed E-state index contributed by atoms with van der Waals surface area (Å²) >= 11 is 0. The lowest BCUT2D eigenvalue weighted by molar-refractivity contribution is -0.136. The highest BCUT2D eigenvalue weighted by Crippen LogP contribution is 2.25. The molecule has 1 spiro atoms. The molecular weight excluding hydrogens is 154 g/mol. The monoisotopic (exact) mass is 163 g/mol. The normalized spacial score (nSPS) is 27.8. The Morgan fingerprint density at radius 2 is 2.20 bits per heavy atom. The number of halogens is 1. The van der Waals surface area contributed by atoms with Crippen LogP contribution in [0, 0.1) is 0 Å². The quantitative estimate of drug-likeness (QED) is 0.535. The maximum atomic E-state index is 11.0. The molecule has 1 N–H and O–H groups in total. The Kier molecular flexibility index (Phi) is 1.99. The fourth-order valence-corrected chi connectivity index (χ4v) is 1.30. The largest absolute Gasteiger partial charge is 0.364 e. The second-order valence-electron chi connectivity index (χ2n) is 2.62.